The summed E-state index contributed by atoms with van der Waals surface area (Å²) >= 11 is 0. The lowest BCUT2D eigenvalue weighted by Gasteiger charge is -2.13. The quantitative estimate of drug-likeness (QED) is 0.520. The number of H-pyrrole nitrogens is 1. The maximum Gasteiger partial charge on any atom is 0.249 e. The number of amides is 1. The number of nitrogen functional groups attached to an aromatic ring is 1. The zero-order chi connectivity index (χ0) is 18.5. The number of halogens is 1. The average Bonchev–Trinajstić information content (AvgIpc) is 3.08. The van der Waals surface area contributed by atoms with E-state index in [4.69, 9.17) is 11.5 Å². The van der Waals surface area contributed by atoms with Crippen molar-refractivity contribution in [1.82, 2.24) is 9.97 Å². The highest BCUT2D eigenvalue weighted by Crippen LogP contribution is 2.34. The van der Waals surface area contributed by atoms with Gasteiger partial charge in [-0.05, 0) is 35.6 Å². The van der Waals surface area contributed by atoms with Gasteiger partial charge in [-0.2, -0.15) is 0 Å². The molecule has 3 rings (SSSR count). The number of anilines is 1. The van der Waals surface area contributed by atoms with Crippen LogP contribution >= 0.6 is 12.4 Å². The lowest BCUT2D eigenvalue weighted by atomic mass is 9.91. The molecule has 2 aromatic carbocycles. The molecule has 1 heterocycles. The minimum Gasteiger partial charge on any atom is -0.369 e. The van der Waals surface area contributed by atoms with Gasteiger partial charge in [0.1, 0.15) is 0 Å². The number of benzene rings is 2. The third-order valence-electron chi connectivity index (χ3n) is 4.52. The van der Waals surface area contributed by atoms with E-state index in [0.29, 0.717) is 11.5 Å². The van der Waals surface area contributed by atoms with Crippen molar-refractivity contribution in [2.24, 2.45) is 5.73 Å². The van der Waals surface area contributed by atoms with E-state index in [1.54, 1.807) is 6.20 Å². The van der Waals surface area contributed by atoms with Crippen LogP contribution in [0.5, 0.6) is 0 Å². The number of carbonyl (C=O) groups is 1. The van der Waals surface area contributed by atoms with Gasteiger partial charge in [0.05, 0.1) is 11.9 Å². The van der Waals surface area contributed by atoms with E-state index >= 15 is 0 Å². The summed E-state index contributed by atoms with van der Waals surface area (Å²) in [6.45, 7) is 2.19. The number of nitrogens with one attached hydrogen (secondary N) is 1. The Kier molecular flexibility index (Phi) is 7.02. The predicted molar refractivity (Wildman–Crippen MR) is 113 cm³/mol. The van der Waals surface area contributed by atoms with Crippen LogP contribution in [0.25, 0.3) is 22.4 Å². The number of nitrogens with two attached hydrogens (primary N) is 2. The second-order valence-corrected chi connectivity index (χ2v) is 6.43. The molecule has 0 atom stereocenters. The number of hydrogen-bond acceptors (Lipinski definition) is 3. The first-order valence-electron chi connectivity index (χ1n) is 8.93. The molecule has 0 aliphatic rings. The lowest BCUT2D eigenvalue weighted by molar-refractivity contribution is 0.100. The summed E-state index contributed by atoms with van der Waals surface area (Å²) < 4.78 is 0. The van der Waals surface area contributed by atoms with Crippen LogP contribution in [0.15, 0.2) is 48.7 Å². The molecule has 1 amide bonds. The molecule has 0 fully saturated rings. The van der Waals surface area contributed by atoms with E-state index in [2.05, 4.69) is 23.0 Å². The summed E-state index contributed by atoms with van der Waals surface area (Å²) in [4.78, 5) is 19.1. The Bertz CT molecular complexity index is 920. The van der Waals surface area contributed by atoms with Crippen molar-refractivity contribution < 1.29 is 4.79 Å². The summed E-state index contributed by atoms with van der Waals surface area (Å²) in [7, 11) is 0. The van der Waals surface area contributed by atoms with Gasteiger partial charge in [0.25, 0.3) is 0 Å². The topological polar surface area (TPSA) is 97.8 Å². The van der Waals surface area contributed by atoms with Crippen LogP contribution in [-0.4, -0.2) is 15.9 Å². The largest absolute Gasteiger partial charge is 0.369 e. The molecule has 5 N–H and O–H groups in total. The van der Waals surface area contributed by atoms with Gasteiger partial charge in [0.2, 0.25) is 5.91 Å². The van der Waals surface area contributed by atoms with Crippen LogP contribution in [0.4, 0.5) is 5.95 Å². The van der Waals surface area contributed by atoms with Crippen molar-refractivity contribution in [2.45, 2.75) is 32.6 Å². The molecule has 1 aromatic heterocycles. The molecule has 0 saturated heterocycles. The predicted octanol–water partition coefficient (Wildman–Crippen LogP) is 4.58. The van der Waals surface area contributed by atoms with Crippen LogP contribution in [0.1, 0.15) is 42.1 Å². The molecule has 27 heavy (non-hydrogen) atoms. The number of nitrogens with zero attached hydrogens (tertiary/aromatic N) is 1. The Morgan fingerprint density at radius 2 is 1.81 bits per heavy atom. The number of primary amides is 1. The molecule has 0 unspecified atom stereocenters. The van der Waals surface area contributed by atoms with Crippen molar-refractivity contribution in [3.05, 3.63) is 59.8 Å². The van der Waals surface area contributed by atoms with Crippen LogP contribution in [0.2, 0.25) is 0 Å². The minimum absolute atomic E-state index is 0. The summed E-state index contributed by atoms with van der Waals surface area (Å²) in [6.07, 6.45) is 6.18. The molecule has 142 valence electrons. The zero-order valence-corrected chi connectivity index (χ0v) is 16.2. The zero-order valence-electron chi connectivity index (χ0n) is 15.4. The molecule has 6 heteroatoms. The van der Waals surface area contributed by atoms with E-state index in [-0.39, 0.29) is 12.4 Å². The second kappa shape index (κ2) is 9.24. The maximum absolute atomic E-state index is 12.0. The number of carbonyl (C=O) groups excluding carboxylic acids is 1. The van der Waals surface area contributed by atoms with Gasteiger partial charge in [-0.1, -0.05) is 56.2 Å². The molecule has 3 aromatic rings. The first kappa shape index (κ1) is 20.5. The SMILES string of the molecule is CCCCCc1ccc(C(N)=O)c(-c2ccccc2-c2cnc(N)[nH]2)c1.Cl. The van der Waals surface area contributed by atoms with Crippen molar-refractivity contribution in [3.8, 4) is 22.4 Å². The number of imidazole rings is 1. The van der Waals surface area contributed by atoms with E-state index in [1.165, 1.54) is 18.4 Å². The van der Waals surface area contributed by atoms with Gasteiger partial charge in [-0.25, -0.2) is 4.98 Å². The Morgan fingerprint density at radius 1 is 1.07 bits per heavy atom. The van der Waals surface area contributed by atoms with E-state index in [0.717, 1.165) is 35.2 Å². The molecule has 5 nitrogen and oxygen atoms in total. The van der Waals surface area contributed by atoms with Gasteiger partial charge in [-0.15, -0.1) is 12.4 Å². The molecule has 0 radical (unpaired) electrons. The monoisotopic (exact) mass is 384 g/mol. The number of rotatable bonds is 7. The normalized spacial score (nSPS) is 10.4. The average molecular weight is 385 g/mol. The van der Waals surface area contributed by atoms with Crippen LogP contribution in [0, 0.1) is 0 Å². The summed E-state index contributed by atoms with van der Waals surface area (Å²) in [6, 6.07) is 13.8. The second-order valence-electron chi connectivity index (χ2n) is 6.43. The Balaban J connectivity index is 0.00000261. The Hall–Kier alpha value is -2.79. The number of aryl methyl sites for hydroxylation is 1. The summed E-state index contributed by atoms with van der Waals surface area (Å²) in [5, 5.41) is 0. The summed E-state index contributed by atoms with van der Waals surface area (Å²) in [5.74, 6) is -0.0720. The fourth-order valence-corrected chi connectivity index (χ4v) is 3.19. The molecule has 0 spiro atoms. The van der Waals surface area contributed by atoms with E-state index in [9.17, 15) is 4.79 Å². The molecular formula is C21H25ClN4O. The van der Waals surface area contributed by atoms with Crippen molar-refractivity contribution in [1.29, 1.82) is 0 Å². The number of unbranched alkanes of at least 4 members (excludes halogenated alkanes) is 2. The Morgan fingerprint density at radius 3 is 2.44 bits per heavy atom. The van der Waals surface area contributed by atoms with E-state index in [1.807, 2.05) is 36.4 Å². The smallest absolute Gasteiger partial charge is 0.249 e. The summed E-state index contributed by atoms with van der Waals surface area (Å²) in [5.41, 5.74) is 16.6. The highest BCUT2D eigenvalue weighted by Gasteiger charge is 2.15. The maximum atomic E-state index is 12.0. The molecule has 0 saturated carbocycles. The first-order valence-corrected chi connectivity index (χ1v) is 8.93. The molecule has 0 bridgehead atoms. The highest BCUT2D eigenvalue weighted by atomic mass is 35.5. The van der Waals surface area contributed by atoms with Crippen LogP contribution < -0.4 is 11.5 Å². The van der Waals surface area contributed by atoms with Gasteiger partial charge >= 0.3 is 0 Å². The lowest BCUT2D eigenvalue weighted by Crippen LogP contribution is -2.13. The number of aromatic amines is 1. The van der Waals surface area contributed by atoms with Gasteiger partial charge in [-0.3, -0.25) is 4.79 Å². The van der Waals surface area contributed by atoms with Gasteiger partial charge < -0.3 is 16.5 Å². The van der Waals surface area contributed by atoms with Crippen LogP contribution in [-0.2, 0) is 6.42 Å². The standard InChI is InChI=1S/C21H24N4O.ClH/c1-2-3-4-7-14-10-11-17(20(22)26)18(12-14)15-8-5-6-9-16(15)19-13-24-21(23)25-19;/h5-6,8-13H,2-4,7H2,1H3,(H2,22,26)(H3,23,24,25);1H. The van der Waals surface area contributed by atoms with Crippen LogP contribution in [0.3, 0.4) is 0 Å². The first-order chi connectivity index (χ1) is 12.6. The molecule has 0 aliphatic carbocycles. The number of aromatic nitrogens is 2. The van der Waals surface area contributed by atoms with Gasteiger partial charge in [0, 0.05) is 11.1 Å². The van der Waals surface area contributed by atoms with Crippen molar-refractivity contribution in [2.75, 3.05) is 5.73 Å². The third-order valence-corrected chi connectivity index (χ3v) is 4.52. The highest BCUT2D eigenvalue weighted by molar-refractivity contribution is 6.02. The fraction of sp³-hybridized carbons (Fsp3) is 0.238. The Labute approximate surface area is 165 Å². The van der Waals surface area contributed by atoms with Crippen molar-refractivity contribution >= 4 is 24.3 Å². The van der Waals surface area contributed by atoms with Gasteiger partial charge in [0.15, 0.2) is 5.95 Å². The fourth-order valence-electron chi connectivity index (χ4n) is 3.19. The molecule has 0 aliphatic heterocycles. The minimum atomic E-state index is -0.431. The number of hydrogen-bond donors (Lipinski definition) is 3. The van der Waals surface area contributed by atoms with Crippen molar-refractivity contribution in [3.63, 3.8) is 0 Å². The van der Waals surface area contributed by atoms with E-state index < -0.39 is 5.91 Å². The molecular weight excluding hydrogens is 360 g/mol. The third kappa shape index (κ3) is 4.68.